The van der Waals surface area contributed by atoms with E-state index in [1.54, 1.807) is 0 Å². The monoisotopic (exact) mass is 243 g/mol. The molecule has 0 saturated carbocycles. The molecule has 96 valence electrons. The van der Waals surface area contributed by atoms with Crippen LogP contribution >= 0.6 is 0 Å². The van der Waals surface area contributed by atoms with E-state index in [4.69, 9.17) is 5.73 Å². The quantitative estimate of drug-likeness (QED) is 0.871. The highest BCUT2D eigenvalue weighted by Gasteiger charge is 2.20. The lowest BCUT2D eigenvalue weighted by molar-refractivity contribution is 0.569. The summed E-state index contributed by atoms with van der Waals surface area (Å²) in [6.45, 7) is 7.07. The van der Waals surface area contributed by atoms with Gasteiger partial charge in [-0.3, -0.25) is 0 Å². The van der Waals surface area contributed by atoms with Gasteiger partial charge in [0.2, 0.25) is 0 Å². The normalized spacial score (nSPS) is 13.6. The minimum atomic E-state index is 0.0844. The summed E-state index contributed by atoms with van der Waals surface area (Å²) in [6, 6.07) is 10.3. The van der Waals surface area contributed by atoms with Crippen molar-refractivity contribution in [2.24, 2.45) is 5.73 Å². The van der Waals surface area contributed by atoms with Crippen molar-refractivity contribution in [1.29, 1.82) is 0 Å². The van der Waals surface area contributed by atoms with Gasteiger partial charge in [-0.15, -0.1) is 0 Å². The molecule has 1 unspecified atom stereocenters. The SMILES string of the molecule is CC(C)(C)c1cnc(C(CN)c2ccccc2)[nH]1. The highest BCUT2D eigenvalue weighted by Crippen LogP contribution is 2.25. The molecule has 0 aliphatic rings. The number of aromatic nitrogens is 2. The van der Waals surface area contributed by atoms with Crippen LogP contribution in [0.25, 0.3) is 0 Å². The molecule has 1 atom stereocenters. The van der Waals surface area contributed by atoms with E-state index in [1.165, 1.54) is 5.56 Å². The Morgan fingerprint density at radius 2 is 1.89 bits per heavy atom. The van der Waals surface area contributed by atoms with Gasteiger partial charge in [0, 0.05) is 23.9 Å². The van der Waals surface area contributed by atoms with E-state index in [0.29, 0.717) is 6.54 Å². The van der Waals surface area contributed by atoms with Crippen molar-refractivity contribution in [1.82, 2.24) is 9.97 Å². The van der Waals surface area contributed by atoms with Gasteiger partial charge in [-0.25, -0.2) is 4.98 Å². The lowest BCUT2D eigenvalue weighted by Crippen LogP contribution is -2.16. The fraction of sp³-hybridized carbons (Fsp3) is 0.400. The highest BCUT2D eigenvalue weighted by molar-refractivity contribution is 5.27. The van der Waals surface area contributed by atoms with E-state index in [-0.39, 0.29) is 11.3 Å². The molecular formula is C15H21N3. The van der Waals surface area contributed by atoms with Crippen molar-refractivity contribution in [2.45, 2.75) is 32.1 Å². The maximum absolute atomic E-state index is 5.90. The molecule has 3 N–H and O–H groups in total. The van der Waals surface area contributed by atoms with Gasteiger partial charge >= 0.3 is 0 Å². The van der Waals surface area contributed by atoms with Gasteiger partial charge in [0.05, 0.1) is 5.92 Å². The molecule has 3 heteroatoms. The first-order chi connectivity index (χ1) is 8.52. The Kier molecular flexibility index (Phi) is 3.53. The van der Waals surface area contributed by atoms with E-state index in [0.717, 1.165) is 11.5 Å². The maximum atomic E-state index is 5.90. The highest BCUT2D eigenvalue weighted by atomic mass is 14.9. The van der Waals surface area contributed by atoms with Crippen molar-refractivity contribution < 1.29 is 0 Å². The Balaban J connectivity index is 2.32. The van der Waals surface area contributed by atoms with Crippen molar-refractivity contribution >= 4 is 0 Å². The third kappa shape index (κ3) is 2.62. The summed E-state index contributed by atoms with van der Waals surface area (Å²) in [4.78, 5) is 7.91. The Bertz CT molecular complexity index is 494. The van der Waals surface area contributed by atoms with Crippen LogP contribution in [0.15, 0.2) is 36.5 Å². The Labute approximate surface area is 108 Å². The van der Waals surface area contributed by atoms with Gasteiger partial charge in [-0.05, 0) is 5.56 Å². The number of rotatable bonds is 3. The van der Waals surface area contributed by atoms with Crippen LogP contribution in [-0.4, -0.2) is 16.5 Å². The number of nitrogens with zero attached hydrogens (tertiary/aromatic N) is 1. The molecule has 0 fully saturated rings. The van der Waals surface area contributed by atoms with Gasteiger partial charge in [-0.1, -0.05) is 51.1 Å². The topological polar surface area (TPSA) is 54.7 Å². The Morgan fingerprint density at radius 3 is 2.39 bits per heavy atom. The van der Waals surface area contributed by atoms with E-state index >= 15 is 0 Å². The number of aromatic amines is 1. The number of hydrogen-bond donors (Lipinski definition) is 2. The van der Waals surface area contributed by atoms with Gasteiger partial charge in [0.25, 0.3) is 0 Å². The largest absolute Gasteiger partial charge is 0.345 e. The summed E-state index contributed by atoms with van der Waals surface area (Å²) in [5, 5.41) is 0. The molecule has 0 aliphatic carbocycles. The average Bonchev–Trinajstić information content (AvgIpc) is 2.81. The smallest absolute Gasteiger partial charge is 0.115 e. The number of nitrogens with two attached hydrogens (primary N) is 1. The molecule has 2 aromatic rings. The van der Waals surface area contributed by atoms with Gasteiger partial charge < -0.3 is 10.7 Å². The molecule has 0 spiro atoms. The number of H-pyrrole nitrogens is 1. The molecule has 0 bridgehead atoms. The minimum absolute atomic E-state index is 0.0844. The van der Waals surface area contributed by atoms with Crippen LogP contribution in [0.2, 0.25) is 0 Å². The maximum Gasteiger partial charge on any atom is 0.115 e. The van der Waals surface area contributed by atoms with Gasteiger partial charge in [0.1, 0.15) is 5.82 Å². The number of hydrogen-bond acceptors (Lipinski definition) is 2. The molecule has 1 aromatic carbocycles. The summed E-state index contributed by atoms with van der Waals surface area (Å²) < 4.78 is 0. The predicted octanol–water partition coefficient (Wildman–Crippen LogP) is 2.80. The summed E-state index contributed by atoms with van der Waals surface area (Å²) in [5.41, 5.74) is 8.33. The molecule has 1 aromatic heterocycles. The van der Waals surface area contributed by atoms with Crippen LogP contribution in [0.4, 0.5) is 0 Å². The fourth-order valence-electron chi connectivity index (χ4n) is 1.99. The molecule has 0 aliphatic heterocycles. The lowest BCUT2D eigenvalue weighted by Gasteiger charge is -2.16. The van der Waals surface area contributed by atoms with E-state index in [9.17, 15) is 0 Å². The van der Waals surface area contributed by atoms with Crippen LogP contribution in [0.1, 0.15) is 43.8 Å². The van der Waals surface area contributed by atoms with Crippen LogP contribution in [0, 0.1) is 0 Å². The minimum Gasteiger partial charge on any atom is -0.345 e. The fourth-order valence-corrected chi connectivity index (χ4v) is 1.99. The third-order valence-corrected chi connectivity index (χ3v) is 3.17. The van der Waals surface area contributed by atoms with Crippen molar-refractivity contribution in [2.75, 3.05) is 6.54 Å². The van der Waals surface area contributed by atoms with Crippen molar-refractivity contribution in [3.8, 4) is 0 Å². The van der Waals surface area contributed by atoms with Crippen LogP contribution in [0.3, 0.4) is 0 Å². The lowest BCUT2D eigenvalue weighted by atomic mass is 9.93. The van der Waals surface area contributed by atoms with E-state index in [1.807, 2.05) is 24.4 Å². The Hall–Kier alpha value is -1.61. The summed E-state index contributed by atoms with van der Waals surface area (Å²) in [7, 11) is 0. The van der Waals surface area contributed by atoms with Crippen LogP contribution in [0.5, 0.6) is 0 Å². The summed E-state index contributed by atoms with van der Waals surface area (Å²) in [5.74, 6) is 1.09. The Morgan fingerprint density at radius 1 is 1.22 bits per heavy atom. The molecule has 18 heavy (non-hydrogen) atoms. The van der Waals surface area contributed by atoms with Crippen molar-refractivity contribution in [3.05, 3.63) is 53.6 Å². The average molecular weight is 243 g/mol. The molecule has 2 rings (SSSR count). The van der Waals surface area contributed by atoms with Gasteiger partial charge in [-0.2, -0.15) is 0 Å². The van der Waals surface area contributed by atoms with E-state index < -0.39 is 0 Å². The van der Waals surface area contributed by atoms with Crippen molar-refractivity contribution in [3.63, 3.8) is 0 Å². The molecular weight excluding hydrogens is 222 g/mol. The molecule has 0 radical (unpaired) electrons. The molecule has 3 nitrogen and oxygen atoms in total. The second-order valence-corrected chi connectivity index (χ2v) is 5.63. The first kappa shape index (κ1) is 12.8. The number of nitrogens with one attached hydrogen (secondary N) is 1. The number of imidazole rings is 1. The molecule has 1 heterocycles. The van der Waals surface area contributed by atoms with Crippen LogP contribution in [-0.2, 0) is 5.41 Å². The second-order valence-electron chi connectivity index (χ2n) is 5.63. The predicted molar refractivity (Wildman–Crippen MR) is 74.6 cm³/mol. The summed E-state index contributed by atoms with van der Waals surface area (Å²) in [6.07, 6.45) is 1.92. The zero-order valence-corrected chi connectivity index (χ0v) is 11.3. The second kappa shape index (κ2) is 4.94. The number of benzene rings is 1. The standard InChI is InChI=1S/C15H21N3/c1-15(2,3)13-10-17-14(18-13)12(9-16)11-7-5-4-6-8-11/h4-8,10,12H,9,16H2,1-3H3,(H,17,18). The third-order valence-electron chi connectivity index (χ3n) is 3.17. The first-order valence-electron chi connectivity index (χ1n) is 6.33. The zero-order chi connectivity index (χ0) is 13.2. The molecule has 0 saturated heterocycles. The molecule has 0 amide bonds. The van der Waals surface area contributed by atoms with Gasteiger partial charge in [0.15, 0.2) is 0 Å². The van der Waals surface area contributed by atoms with Crippen LogP contribution < -0.4 is 5.73 Å². The van der Waals surface area contributed by atoms with E-state index in [2.05, 4.69) is 42.9 Å². The summed E-state index contributed by atoms with van der Waals surface area (Å²) >= 11 is 0. The zero-order valence-electron chi connectivity index (χ0n) is 11.3. The first-order valence-corrected chi connectivity index (χ1v) is 6.33.